The molecule has 0 aromatic carbocycles. The molecule has 19 heavy (non-hydrogen) atoms. The van der Waals surface area contributed by atoms with Crippen LogP contribution in [-0.2, 0) is 6.42 Å². The van der Waals surface area contributed by atoms with Crippen molar-refractivity contribution in [1.82, 2.24) is 9.97 Å². The Bertz CT molecular complexity index is 558. The molecule has 0 radical (unpaired) electrons. The van der Waals surface area contributed by atoms with Crippen LogP contribution in [0.25, 0.3) is 0 Å². The molecule has 0 unspecified atom stereocenters. The molecular formula is C14H15N3O2. The predicted octanol–water partition coefficient (Wildman–Crippen LogP) is 1.85. The summed E-state index contributed by atoms with van der Waals surface area (Å²) in [7, 11) is 1.87. The van der Waals surface area contributed by atoms with Gasteiger partial charge in [-0.15, -0.1) is 0 Å². The molecule has 0 bridgehead atoms. The number of aromatic carboxylic acids is 1. The lowest BCUT2D eigenvalue weighted by Crippen LogP contribution is -2.23. The monoisotopic (exact) mass is 257 g/mol. The van der Waals surface area contributed by atoms with Gasteiger partial charge in [0.05, 0.1) is 5.69 Å². The van der Waals surface area contributed by atoms with Crippen molar-refractivity contribution in [3.8, 4) is 0 Å². The van der Waals surface area contributed by atoms with Crippen LogP contribution >= 0.6 is 0 Å². The molecule has 0 aliphatic carbocycles. The average Bonchev–Trinajstić information content (AvgIpc) is 2.46. The van der Waals surface area contributed by atoms with Gasteiger partial charge in [0.15, 0.2) is 0 Å². The van der Waals surface area contributed by atoms with Crippen LogP contribution in [0.3, 0.4) is 0 Å². The van der Waals surface area contributed by atoms with Gasteiger partial charge in [-0.25, -0.2) is 4.79 Å². The molecule has 0 atom stereocenters. The van der Waals surface area contributed by atoms with E-state index in [0.717, 1.165) is 12.1 Å². The predicted molar refractivity (Wildman–Crippen MR) is 72.4 cm³/mol. The fourth-order valence-corrected chi connectivity index (χ4v) is 1.83. The molecule has 0 spiro atoms. The van der Waals surface area contributed by atoms with Crippen molar-refractivity contribution in [1.29, 1.82) is 0 Å². The van der Waals surface area contributed by atoms with Gasteiger partial charge in [0.2, 0.25) is 0 Å². The van der Waals surface area contributed by atoms with E-state index in [9.17, 15) is 4.79 Å². The summed E-state index contributed by atoms with van der Waals surface area (Å²) >= 11 is 0. The number of carbonyl (C=O) groups is 1. The molecule has 0 saturated heterocycles. The van der Waals surface area contributed by atoms with Crippen molar-refractivity contribution < 1.29 is 9.90 Å². The molecule has 0 fully saturated rings. The summed E-state index contributed by atoms with van der Waals surface area (Å²) in [6, 6.07) is 7.48. The molecule has 5 heteroatoms. The Morgan fingerprint density at radius 2 is 2.16 bits per heavy atom. The molecular weight excluding hydrogens is 242 g/mol. The van der Waals surface area contributed by atoms with E-state index in [0.29, 0.717) is 12.2 Å². The van der Waals surface area contributed by atoms with E-state index in [1.165, 1.54) is 6.20 Å². The lowest BCUT2D eigenvalue weighted by molar-refractivity contribution is 0.0697. The van der Waals surface area contributed by atoms with Gasteiger partial charge in [-0.3, -0.25) is 9.97 Å². The number of carboxylic acid groups (broad SMARTS) is 1. The molecule has 0 saturated carbocycles. The third-order valence-electron chi connectivity index (χ3n) is 2.87. The van der Waals surface area contributed by atoms with Crippen LogP contribution in [0.2, 0.25) is 0 Å². The first-order valence-electron chi connectivity index (χ1n) is 5.97. The summed E-state index contributed by atoms with van der Waals surface area (Å²) in [6.45, 7) is 0.696. The third kappa shape index (κ3) is 3.28. The van der Waals surface area contributed by atoms with E-state index in [-0.39, 0.29) is 5.56 Å². The summed E-state index contributed by atoms with van der Waals surface area (Å²) < 4.78 is 0. The maximum atomic E-state index is 11.1. The second-order valence-electron chi connectivity index (χ2n) is 4.19. The SMILES string of the molecule is CN(CCc1ccccn1)c1ccncc1C(=O)O. The summed E-state index contributed by atoms with van der Waals surface area (Å²) in [5.41, 5.74) is 1.87. The van der Waals surface area contributed by atoms with E-state index < -0.39 is 5.97 Å². The normalized spacial score (nSPS) is 10.2. The van der Waals surface area contributed by atoms with Gasteiger partial charge < -0.3 is 10.0 Å². The molecule has 5 nitrogen and oxygen atoms in total. The number of hydrogen-bond acceptors (Lipinski definition) is 4. The molecule has 2 rings (SSSR count). The molecule has 98 valence electrons. The maximum absolute atomic E-state index is 11.1. The Labute approximate surface area is 111 Å². The topological polar surface area (TPSA) is 66.3 Å². The van der Waals surface area contributed by atoms with Crippen LogP contribution < -0.4 is 4.90 Å². The van der Waals surface area contributed by atoms with E-state index in [1.54, 1.807) is 18.5 Å². The van der Waals surface area contributed by atoms with Crippen molar-refractivity contribution in [2.45, 2.75) is 6.42 Å². The minimum atomic E-state index is -0.965. The third-order valence-corrected chi connectivity index (χ3v) is 2.87. The highest BCUT2D eigenvalue weighted by atomic mass is 16.4. The second kappa shape index (κ2) is 5.95. The van der Waals surface area contributed by atoms with Crippen molar-refractivity contribution in [3.63, 3.8) is 0 Å². The summed E-state index contributed by atoms with van der Waals surface area (Å²) in [5, 5.41) is 9.12. The summed E-state index contributed by atoms with van der Waals surface area (Å²) in [6.07, 6.45) is 5.48. The molecule has 2 heterocycles. The number of likely N-dealkylation sites (N-methyl/N-ethyl adjacent to an activating group) is 1. The van der Waals surface area contributed by atoms with Crippen LogP contribution in [-0.4, -0.2) is 34.6 Å². The number of hydrogen-bond donors (Lipinski definition) is 1. The Morgan fingerprint density at radius 3 is 2.84 bits per heavy atom. The van der Waals surface area contributed by atoms with Crippen molar-refractivity contribution in [2.24, 2.45) is 0 Å². The highest BCUT2D eigenvalue weighted by molar-refractivity contribution is 5.93. The van der Waals surface area contributed by atoms with Crippen molar-refractivity contribution in [2.75, 3.05) is 18.5 Å². The van der Waals surface area contributed by atoms with Gasteiger partial charge in [0.1, 0.15) is 5.56 Å². The van der Waals surface area contributed by atoms with Gasteiger partial charge in [-0.2, -0.15) is 0 Å². The zero-order chi connectivity index (χ0) is 13.7. The molecule has 0 aliphatic heterocycles. The van der Waals surface area contributed by atoms with Crippen LogP contribution in [0, 0.1) is 0 Å². The number of pyridine rings is 2. The standard InChI is InChI=1S/C14H15N3O2/c1-17(9-6-11-4-2-3-7-16-11)13-5-8-15-10-12(13)14(18)19/h2-5,7-8,10H,6,9H2,1H3,(H,18,19). The molecule has 2 aromatic rings. The van der Waals surface area contributed by atoms with E-state index in [4.69, 9.17) is 5.11 Å². The Hall–Kier alpha value is -2.43. The molecule has 2 aromatic heterocycles. The number of anilines is 1. The van der Waals surface area contributed by atoms with Crippen molar-refractivity contribution >= 4 is 11.7 Å². The number of nitrogens with zero attached hydrogens (tertiary/aromatic N) is 3. The quantitative estimate of drug-likeness (QED) is 0.885. The van der Waals surface area contributed by atoms with Crippen LogP contribution in [0.5, 0.6) is 0 Å². The first-order valence-corrected chi connectivity index (χ1v) is 5.97. The fraction of sp³-hybridized carbons (Fsp3) is 0.214. The highest BCUT2D eigenvalue weighted by Gasteiger charge is 2.13. The first kappa shape index (κ1) is 13.0. The van der Waals surface area contributed by atoms with Crippen LogP contribution in [0.4, 0.5) is 5.69 Å². The summed E-state index contributed by atoms with van der Waals surface area (Å²) in [4.78, 5) is 21.1. The highest BCUT2D eigenvalue weighted by Crippen LogP contribution is 2.18. The zero-order valence-corrected chi connectivity index (χ0v) is 10.7. The second-order valence-corrected chi connectivity index (χ2v) is 4.19. The number of aromatic nitrogens is 2. The molecule has 1 N–H and O–H groups in total. The van der Waals surface area contributed by atoms with E-state index >= 15 is 0 Å². The Kier molecular flexibility index (Phi) is 4.07. The van der Waals surface area contributed by atoms with Crippen molar-refractivity contribution in [3.05, 3.63) is 54.1 Å². The van der Waals surface area contributed by atoms with Crippen LogP contribution in [0.1, 0.15) is 16.1 Å². The van der Waals surface area contributed by atoms with E-state index in [2.05, 4.69) is 9.97 Å². The zero-order valence-electron chi connectivity index (χ0n) is 10.7. The number of rotatable bonds is 5. The fourth-order valence-electron chi connectivity index (χ4n) is 1.83. The largest absolute Gasteiger partial charge is 0.478 e. The Morgan fingerprint density at radius 1 is 1.32 bits per heavy atom. The smallest absolute Gasteiger partial charge is 0.339 e. The summed E-state index contributed by atoms with van der Waals surface area (Å²) in [5.74, 6) is -0.965. The van der Waals surface area contributed by atoms with Gasteiger partial charge in [0, 0.05) is 44.3 Å². The first-order chi connectivity index (χ1) is 9.18. The minimum Gasteiger partial charge on any atom is -0.478 e. The average molecular weight is 257 g/mol. The molecule has 0 amide bonds. The van der Waals surface area contributed by atoms with E-state index in [1.807, 2.05) is 30.1 Å². The Balaban J connectivity index is 2.08. The lowest BCUT2D eigenvalue weighted by atomic mass is 10.2. The lowest BCUT2D eigenvalue weighted by Gasteiger charge is -2.20. The molecule has 0 aliphatic rings. The van der Waals surface area contributed by atoms with Gasteiger partial charge in [0.25, 0.3) is 0 Å². The van der Waals surface area contributed by atoms with Gasteiger partial charge in [-0.05, 0) is 18.2 Å². The van der Waals surface area contributed by atoms with Gasteiger partial charge in [-0.1, -0.05) is 6.07 Å². The van der Waals surface area contributed by atoms with Crippen LogP contribution in [0.15, 0.2) is 42.9 Å². The maximum Gasteiger partial charge on any atom is 0.339 e. The minimum absolute atomic E-state index is 0.214. The number of carboxylic acids is 1. The van der Waals surface area contributed by atoms with Gasteiger partial charge >= 0.3 is 5.97 Å².